The Hall–Kier alpha value is -0.575. The van der Waals surface area contributed by atoms with Crippen LogP contribution >= 0.6 is 11.6 Å². The molecule has 2 nitrogen and oxygen atoms in total. The van der Waals surface area contributed by atoms with Crippen molar-refractivity contribution in [3.8, 4) is 0 Å². The van der Waals surface area contributed by atoms with E-state index in [1.54, 1.807) is 12.1 Å². The van der Waals surface area contributed by atoms with E-state index in [1.807, 2.05) is 0 Å². The van der Waals surface area contributed by atoms with Crippen molar-refractivity contribution in [2.24, 2.45) is 0 Å². The fraction of sp³-hybridized carbons (Fsp3) is 0.647. The molecule has 3 saturated carbocycles. The van der Waals surface area contributed by atoms with Crippen molar-refractivity contribution in [3.63, 3.8) is 0 Å². The standard InChI is InChI=1S/C17H21BClFO2/c1-14(2)15(3,4)22-18(21-14)17-8-16(9-17,10-17)12-7-11(20)5-6-13(12)19/h5-7H,8-10H2,1-4H3. The molecule has 5 rings (SSSR count). The third-order valence-electron chi connectivity index (χ3n) is 6.32. The summed E-state index contributed by atoms with van der Waals surface area (Å²) < 4.78 is 26.0. The lowest BCUT2D eigenvalue weighted by atomic mass is 9.23. The van der Waals surface area contributed by atoms with E-state index in [0.717, 1.165) is 24.8 Å². The summed E-state index contributed by atoms with van der Waals surface area (Å²) in [7, 11) is -0.160. The van der Waals surface area contributed by atoms with Crippen molar-refractivity contribution in [2.75, 3.05) is 0 Å². The molecule has 22 heavy (non-hydrogen) atoms. The largest absolute Gasteiger partial charge is 0.464 e. The minimum absolute atomic E-state index is 0.0305. The highest BCUT2D eigenvalue weighted by molar-refractivity contribution is 6.51. The molecule has 1 saturated heterocycles. The van der Waals surface area contributed by atoms with Gasteiger partial charge in [-0.2, -0.15) is 0 Å². The van der Waals surface area contributed by atoms with E-state index < -0.39 is 0 Å². The molecule has 0 spiro atoms. The molecule has 0 radical (unpaired) electrons. The third-order valence-corrected chi connectivity index (χ3v) is 6.65. The molecule has 1 aliphatic heterocycles. The first-order valence-electron chi connectivity index (χ1n) is 7.91. The Morgan fingerprint density at radius 3 is 2.14 bits per heavy atom. The fourth-order valence-electron chi connectivity index (χ4n) is 4.40. The Labute approximate surface area is 136 Å². The number of halogens is 2. The monoisotopic (exact) mass is 322 g/mol. The van der Waals surface area contributed by atoms with Gasteiger partial charge >= 0.3 is 7.12 Å². The molecule has 1 aromatic carbocycles. The summed E-state index contributed by atoms with van der Waals surface area (Å²) in [5.41, 5.74) is 0.392. The highest BCUT2D eigenvalue weighted by Crippen LogP contribution is 2.81. The molecule has 0 amide bonds. The average Bonchev–Trinajstić information content (AvgIpc) is 2.49. The molecule has 4 aliphatic rings. The van der Waals surface area contributed by atoms with E-state index in [2.05, 4.69) is 27.7 Å². The van der Waals surface area contributed by atoms with Crippen LogP contribution < -0.4 is 0 Å². The Morgan fingerprint density at radius 1 is 1.05 bits per heavy atom. The van der Waals surface area contributed by atoms with Gasteiger partial charge in [-0.05, 0) is 76.1 Å². The maximum atomic E-state index is 13.5. The molecule has 0 N–H and O–H groups in total. The lowest BCUT2D eigenvalue weighted by Crippen LogP contribution is -2.66. The molecular formula is C17H21BClFO2. The maximum Gasteiger partial charge on any atom is 0.464 e. The topological polar surface area (TPSA) is 18.5 Å². The lowest BCUT2D eigenvalue weighted by Gasteiger charge is -2.71. The summed E-state index contributed by atoms with van der Waals surface area (Å²) >= 11 is 6.28. The smallest absolute Gasteiger partial charge is 0.403 e. The Kier molecular flexibility index (Phi) is 2.78. The SMILES string of the molecule is CC1(C)OB(C23CC(c4cc(F)ccc4Cl)(C2)C3)OC1(C)C. The molecule has 1 heterocycles. The molecule has 4 fully saturated rings. The molecule has 0 atom stereocenters. The van der Waals surface area contributed by atoms with Crippen molar-refractivity contribution < 1.29 is 13.7 Å². The first kappa shape index (κ1) is 15.0. The average molecular weight is 323 g/mol. The Bertz CT molecular complexity index is 622. The van der Waals surface area contributed by atoms with Crippen LogP contribution in [0.3, 0.4) is 0 Å². The molecule has 3 aliphatic carbocycles. The van der Waals surface area contributed by atoms with Gasteiger partial charge in [0.15, 0.2) is 0 Å². The van der Waals surface area contributed by atoms with E-state index in [0.29, 0.717) is 5.02 Å². The Balaban J connectivity index is 1.54. The molecular weight excluding hydrogens is 301 g/mol. The van der Waals surface area contributed by atoms with Gasteiger partial charge in [0.2, 0.25) is 0 Å². The van der Waals surface area contributed by atoms with E-state index in [9.17, 15) is 4.39 Å². The van der Waals surface area contributed by atoms with Crippen LogP contribution in [0.15, 0.2) is 18.2 Å². The van der Waals surface area contributed by atoms with Gasteiger partial charge in [-0.15, -0.1) is 0 Å². The number of hydrogen-bond donors (Lipinski definition) is 0. The third kappa shape index (κ3) is 1.75. The summed E-state index contributed by atoms with van der Waals surface area (Å²) in [6.45, 7) is 8.32. The lowest BCUT2D eigenvalue weighted by molar-refractivity contribution is -0.0384. The minimum atomic E-state index is -0.295. The van der Waals surface area contributed by atoms with E-state index in [-0.39, 0.29) is 34.9 Å². The highest BCUT2D eigenvalue weighted by Gasteiger charge is 2.77. The van der Waals surface area contributed by atoms with Crippen LogP contribution in [0, 0.1) is 5.82 Å². The van der Waals surface area contributed by atoms with Crippen LogP contribution in [0.2, 0.25) is 10.3 Å². The second kappa shape index (κ2) is 4.09. The van der Waals surface area contributed by atoms with Crippen LogP contribution in [0.4, 0.5) is 4.39 Å². The first-order chi connectivity index (χ1) is 10.1. The van der Waals surface area contributed by atoms with Crippen molar-refractivity contribution in [2.45, 2.75) is 68.9 Å². The van der Waals surface area contributed by atoms with Gasteiger partial charge < -0.3 is 9.31 Å². The summed E-state index contributed by atoms with van der Waals surface area (Å²) in [4.78, 5) is 0. The van der Waals surface area contributed by atoms with Gasteiger partial charge in [-0.25, -0.2) is 4.39 Å². The highest BCUT2D eigenvalue weighted by atomic mass is 35.5. The number of benzene rings is 1. The maximum absolute atomic E-state index is 13.5. The second-order valence-corrected chi connectivity index (χ2v) is 8.79. The van der Waals surface area contributed by atoms with E-state index in [1.165, 1.54) is 6.07 Å². The predicted molar refractivity (Wildman–Crippen MR) is 85.7 cm³/mol. The molecule has 1 aromatic rings. The summed E-state index contributed by atoms with van der Waals surface area (Å²) in [5.74, 6) is -0.214. The van der Waals surface area contributed by atoms with Gasteiger partial charge in [-0.3, -0.25) is 0 Å². The molecule has 118 valence electrons. The van der Waals surface area contributed by atoms with Gasteiger partial charge in [-0.1, -0.05) is 11.6 Å². The molecule has 0 unspecified atom stereocenters. The quantitative estimate of drug-likeness (QED) is 0.732. The number of rotatable bonds is 2. The fourth-order valence-corrected chi connectivity index (χ4v) is 4.72. The van der Waals surface area contributed by atoms with Crippen LogP contribution in [-0.2, 0) is 14.7 Å². The molecule has 0 aromatic heterocycles. The van der Waals surface area contributed by atoms with Gasteiger partial charge in [0.25, 0.3) is 0 Å². The predicted octanol–water partition coefficient (Wildman–Crippen LogP) is 4.75. The zero-order chi connectivity index (χ0) is 16.0. The summed E-state index contributed by atoms with van der Waals surface area (Å²) in [6, 6.07) is 4.67. The van der Waals surface area contributed by atoms with Crippen molar-refractivity contribution in [3.05, 3.63) is 34.6 Å². The zero-order valence-electron chi connectivity index (χ0n) is 13.5. The van der Waals surface area contributed by atoms with Gasteiger partial charge in [0.05, 0.1) is 11.2 Å². The summed E-state index contributed by atoms with van der Waals surface area (Å²) in [6.07, 6.45) is 2.92. The minimum Gasteiger partial charge on any atom is -0.403 e. The van der Waals surface area contributed by atoms with Crippen molar-refractivity contribution >= 4 is 18.7 Å². The molecule has 2 bridgehead atoms. The van der Waals surface area contributed by atoms with Gasteiger partial charge in [0.1, 0.15) is 5.82 Å². The van der Waals surface area contributed by atoms with Crippen LogP contribution in [-0.4, -0.2) is 18.3 Å². The van der Waals surface area contributed by atoms with E-state index >= 15 is 0 Å². The van der Waals surface area contributed by atoms with Crippen molar-refractivity contribution in [1.29, 1.82) is 0 Å². The second-order valence-electron chi connectivity index (χ2n) is 8.39. The van der Waals surface area contributed by atoms with Crippen LogP contribution in [0.25, 0.3) is 0 Å². The first-order valence-corrected chi connectivity index (χ1v) is 8.28. The normalized spacial score (nSPS) is 37.6. The zero-order valence-corrected chi connectivity index (χ0v) is 14.3. The molecule has 5 heteroatoms. The number of hydrogen-bond acceptors (Lipinski definition) is 2. The van der Waals surface area contributed by atoms with E-state index in [4.69, 9.17) is 20.9 Å². The summed E-state index contributed by atoms with van der Waals surface area (Å²) in [5, 5.41) is 0.754. The Morgan fingerprint density at radius 2 is 1.59 bits per heavy atom. The van der Waals surface area contributed by atoms with Crippen LogP contribution in [0.1, 0.15) is 52.5 Å². The van der Waals surface area contributed by atoms with Gasteiger partial charge in [0, 0.05) is 10.3 Å². The van der Waals surface area contributed by atoms with Crippen LogP contribution in [0.5, 0.6) is 0 Å². The van der Waals surface area contributed by atoms with Crippen molar-refractivity contribution in [1.82, 2.24) is 0 Å².